The lowest BCUT2D eigenvalue weighted by Crippen LogP contribution is -1.91. The summed E-state index contributed by atoms with van der Waals surface area (Å²) in [6, 6.07) is 15.3. The van der Waals surface area contributed by atoms with Crippen molar-refractivity contribution < 1.29 is 4.74 Å². The number of benzene rings is 2. The van der Waals surface area contributed by atoms with Crippen LogP contribution in [0.4, 0.5) is 11.6 Å². The van der Waals surface area contributed by atoms with Crippen LogP contribution in [0.3, 0.4) is 0 Å². The molecule has 0 fully saturated rings. The van der Waals surface area contributed by atoms with Crippen molar-refractivity contribution in [2.45, 2.75) is 0 Å². The van der Waals surface area contributed by atoms with Crippen molar-refractivity contribution in [2.75, 3.05) is 12.8 Å². The van der Waals surface area contributed by atoms with Crippen LogP contribution in [0.2, 0.25) is 0 Å². The van der Waals surface area contributed by atoms with E-state index in [2.05, 4.69) is 15.0 Å². The number of anilines is 1. The number of nitrogens with two attached hydrogens (primary N) is 1. The number of nitrogens with one attached hydrogen (secondary N) is 1. The average Bonchev–Trinajstić information content (AvgIpc) is 3.03. The number of ether oxygens (including phenoxy) is 1. The first-order valence-electron chi connectivity index (χ1n) is 6.84. The zero-order chi connectivity index (χ0) is 15.4. The number of aliphatic imine (C=N–C) groups is 1. The van der Waals surface area contributed by atoms with Crippen molar-refractivity contribution in [3.8, 4) is 17.0 Å². The Labute approximate surface area is 128 Å². The summed E-state index contributed by atoms with van der Waals surface area (Å²) in [6.45, 7) is 0. The highest BCUT2D eigenvalue weighted by Crippen LogP contribution is 2.23. The maximum Gasteiger partial charge on any atom is 0.227 e. The zero-order valence-corrected chi connectivity index (χ0v) is 12.2. The number of hydrogen-bond donors (Lipinski definition) is 2. The molecule has 5 heteroatoms. The molecule has 110 valence electrons. The molecular formula is C17H16N4O. The molecule has 0 unspecified atom stereocenters. The van der Waals surface area contributed by atoms with Gasteiger partial charge in [0.05, 0.1) is 12.8 Å². The molecular weight excluding hydrogens is 276 g/mol. The van der Waals surface area contributed by atoms with Crippen molar-refractivity contribution in [3.05, 3.63) is 60.3 Å². The van der Waals surface area contributed by atoms with Gasteiger partial charge in [0.2, 0.25) is 5.95 Å². The Morgan fingerprint density at radius 3 is 2.86 bits per heavy atom. The smallest absolute Gasteiger partial charge is 0.227 e. The quantitative estimate of drug-likeness (QED) is 0.571. The van der Waals surface area contributed by atoms with E-state index in [-0.39, 0.29) is 0 Å². The second-order valence-electron chi connectivity index (χ2n) is 4.73. The van der Waals surface area contributed by atoms with Crippen LogP contribution in [0.1, 0.15) is 5.56 Å². The Bertz CT molecular complexity index is 808. The van der Waals surface area contributed by atoms with E-state index in [1.165, 1.54) is 0 Å². The van der Waals surface area contributed by atoms with Crippen LogP contribution in [-0.4, -0.2) is 23.3 Å². The fraction of sp³-hybridized carbons (Fsp3) is 0.0588. The van der Waals surface area contributed by atoms with E-state index in [1.54, 1.807) is 13.3 Å². The van der Waals surface area contributed by atoms with Crippen LogP contribution < -0.4 is 10.5 Å². The molecule has 3 aromatic rings. The molecule has 0 saturated carbocycles. The number of aromatic amines is 1. The van der Waals surface area contributed by atoms with Gasteiger partial charge in [-0.25, -0.2) is 9.98 Å². The van der Waals surface area contributed by atoms with Gasteiger partial charge in [0.25, 0.3) is 0 Å². The normalized spacial score (nSPS) is 11.0. The molecule has 22 heavy (non-hydrogen) atoms. The molecule has 0 aliphatic carbocycles. The van der Waals surface area contributed by atoms with Gasteiger partial charge < -0.3 is 15.5 Å². The molecule has 0 radical (unpaired) electrons. The molecule has 3 N–H and O–H groups in total. The number of para-hydroxylation sites is 1. The number of rotatable bonds is 4. The highest BCUT2D eigenvalue weighted by molar-refractivity contribution is 5.87. The van der Waals surface area contributed by atoms with Gasteiger partial charge in [0.1, 0.15) is 5.75 Å². The average molecular weight is 292 g/mol. The van der Waals surface area contributed by atoms with Crippen molar-refractivity contribution >= 4 is 17.9 Å². The second-order valence-corrected chi connectivity index (χ2v) is 4.73. The molecule has 2 aromatic carbocycles. The Hall–Kier alpha value is -3.08. The van der Waals surface area contributed by atoms with Gasteiger partial charge in [-0.2, -0.15) is 0 Å². The molecule has 0 saturated heterocycles. The summed E-state index contributed by atoms with van der Waals surface area (Å²) in [7, 11) is 1.64. The first kappa shape index (κ1) is 13.9. The first-order chi connectivity index (χ1) is 10.8. The number of methoxy groups -OCH3 is 1. The summed E-state index contributed by atoms with van der Waals surface area (Å²) in [5.41, 5.74) is 9.21. The largest absolute Gasteiger partial charge is 0.497 e. The van der Waals surface area contributed by atoms with Gasteiger partial charge in [-0.1, -0.05) is 30.3 Å². The van der Waals surface area contributed by atoms with E-state index >= 15 is 0 Å². The Balaban J connectivity index is 1.83. The number of aromatic nitrogens is 2. The van der Waals surface area contributed by atoms with E-state index in [0.717, 1.165) is 22.6 Å². The number of nitrogen functional groups attached to an aromatic ring is 1. The minimum atomic E-state index is 0.529. The van der Waals surface area contributed by atoms with E-state index in [0.29, 0.717) is 11.6 Å². The predicted molar refractivity (Wildman–Crippen MR) is 88.7 cm³/mol. The van der Waals surface area contributed by atoms with Gasteiger partial charge in [-0.3, -0.25) is 0 Å². The van der Waals surface area contributed by atoms with Crippen LogP contribution >= 0.6 is 0 Å². The van der Waals surface area contributed by atoms with Gasteiger partial charge in [0, 0.05) is 29.2 Å². The van der Waals surface area contributed by atoms with Crippen LogP contribution in [0.25, 0.3) is 11.3 Å². The monoisotopic (exact) mass is 292 g/mol. The first-order valence-corrected chi connectivity index (χ1v) is 6.84. The number of imidazole rings is 1. The maximum absolute atomic E-state index is 5.88. The molecule has 1 heterocycles. The summed E-state index contributed by atoms with van der Waals surface area (Å²) in [5, 5.41) is 0. The van der Waals surface area contributed by atoms with Crippen molar-refractivity contribution in [1.82, 2.24) is 9.97 Å². The van der Waals surface area contributed by atoms with E-state index < -0.39 is 0 Å². The topological polar surface area (TPSA) is 76.3 Å². The molecule has 0 aliphatic heterocycles. The second kappa shape index (κ2) is 6.13. The SMILES string of the molecule is COc1cccc(-c2c[nH]c(/N=C/c3ccccc3N)n2)c1. The van der Waals surface area contributed by atoms with Crippen LogP contribution in [-0.2, 0) is 0 Å². The van der Waals surface area contributed by atoms with E-state index in [4.69, 9.17) is 10.5 Å². The summed E-state index contributed by atoms with van der Waals surface area (Å²) < 4.78 is 5.22. The maximum atomic E-state index is 5.88. The Kier molecular flexibility index (Phi) is 3.87. The molecule has 0 atom stereocenters. The Morgan fingerprint density at radius 2 is 2.05 bits per heavy atom. The summed E-state index contributed by atoms with van der Waals surface area (Å²) in [4.78, 5) is 11.8. The third-order valence-corrected chi connectivity index (χ3v) is 3.25. The molecule has 0 spiro atoms. The molecule has 3 rings (SSSR count). The minimum absolute atomic E-state index is 0.529. The lowest BCUT2D eigenvalue weighted by atomic mass is 10.1. The summed E-state index contributed by atoms with van der Waals surface area (Å²) >= 11 is 0. The fourth-order valence-corrected chi connectivity index (χ4v) is 2.07. The molecule has 5 nitrogen and oxygen atoms in total. The van der Waals surface area contributed by atoms with Gasteiger partial charge in [-0.05, 0) is 18.2 Å². The minimum Gasteiger partial charge on any atom is -0.497 e. The highest BCUT2D eigenvalue weighted by Gasteiger charge is 2.04. The number of hydrogen-bond acceptors (Lipinski definition) is 4. The predicted octanol–water partition coefficient (Wildman–Crippen LogP) is 3.42. The third kappa shape index (κ3) is 2.98. The molecule has 0 aliphatic rings. The van der Waals surface area contributed by atoms with Crippen molar-refractivity contribution in [3.63, 3.8) is 0 Å². The lowest BCUT2D eigenvalue weighted by molar-refractivity contribution is 0.415. The zero-order valence-electron chi connectivity index (χ0n) is 12.2. The Morgan fingerprint density at radius 1 is 1.18 bits per heavy atom. The fourth-order valence-electron chi connectivity index (χ4n) is 2.07. The molecule has 0 bridgehead atoms. The lowest BCUT2D eigenvalue weighted by Gasteiger charge is -2.01. The molecule has 0 amide bonds. The van der Waals surface area contributed by atoms with Crippen LogP contribution in [0.5, 0.6) is 5.75 Å². The molecule has 1 aromatic heterocycles. The summed E-state index contributed by atoms with van der Waals surface area (Å²) in [6.07, 6.45) is 3.51. The van der Waals surface area contributed by atoms with Crippen molar-refractivity contribution in [2.24, 2.45) is 4.99 Å². The van der Waals surface area contributed by atoms with Crippen LogP contribution in [0, 0.1) is 0 Å². The van der Waals surface area contributed by atoms with Crippen molar-refractivity contribution in [1.29, 1.82) is 0 Å². The summed E-state index contributed by atoms with van der Waals surface area (Å²) in [5.74, 6) is 1.32. The van der Waals surface area contributed by atoms with Gasteiger partial charge >= 0.3 is 0 Å². The highest BCUT2D eigenvalue weighted by atomic mass is 16.5. The number of nitrogens with zero attached hydrogens (tertiary/aromatic N) is 2. The van der Waals surface area contributed by atoms with Gasteiger partial charge in [-0.15, -0.1) is 0 Å². The van der Waals surface area contributed by atoms with Crippen LogP contribution in [0.15, 0.2) is 59.7 Å². The van der Waals surface area contributed by atoms with Gasteiger partial charge in [0.15, 0.2) is 0 Å². The van der Waals surface area contributed by atoms with E-state index in [9.17, 15) is 0 Å². The third-order valence-electron chi connectivity index (χ3n) is 3.25. The standard InChI is InChI=1S/C17H16N4O/c1-22-14-7-4-6-12(9-14)16-11-20-17(21-16)19-10-13-5-2-3-8-15(13)18/h2-11H,18H2,1H3,(H,20,21)/b19-10+. The number of H-pyrrole nitrogens is 1. The van der Waals surface area contributed by atoms with E-state index in [1.807, 2.05) is 54.7 Å².